The fraction of sp³-hybridized carbons (Fsp3) is 0.222. The fourth-order valence-electron chi connectivity index (χ4n) is 1.37. The third-order valence-corrected chi connectivity index (χ3v) is 5.42. The van der Waals surface area contributed by atoms with Crippen molar-refractivity contribution in [1.82, 2.24) is 9.78 Å². The quantitative estimate of drug-likeness (QED) is 0.310. The highest BCUT2D eigenvalue weighted by molar-refractivity contribution is 7.91. The number of allylic oxidation sites excluding steroid dienone is 1. The normalized spacial score (nSPS) is 14.4. The van der Waals surface area contributed by atoms with Gasteiger partial charge in [-0.3, -0.25) is 4.89 Å². The summed E-state index contributed by atoms with van der Waals surface area (Å²) in [5, 5.41) is 2.89. The lowest BCUT2D eigenvalue weighted by Crippen LogP contribution is -2.12. The van der Waals surface area contributed by atoms with Gasteiger partial charge < -0.3 is 4.52 Å². The maximum absolute atomic E-state index is 12.1. The molecule has 1 rings (SSSR count). The van der Waals surface area contributed by atoms with E-state index in [-0.39, 0.29) is 11.6 Å². The van der Waals surface area contributed by atoms with Crippen LogP contribution in [0.3, 0.4) is 0 Å². The molecule has 8 nitrogen and oxygen atoms in total. The van der Waals surface area contributed by atoms with Crippen molar-refractivity contribution in [2.75, 3.05) is 5.75 Å². The third-order valence-electron chi connectivity index (χ3n) is 2.06. The van der Waals surface area contributed by atoms with Gasteiger partial charge >= 0.3 is 7.82 Å². The second-order valence-electron chi connectivity index (χ2n) is 3.61. The van der Waals surface area contributed by atoms with E-state index in [1.165, 1.54) is 12.2 Å². The maximum Gasteiger partial charge on any atom is 0.539 e. The number of sulfone groups is 1. The molecule has 1 heterocycles. The molecule has 0 aliphatic rings. The van der Waals surface area contributed by atoms with Gasteiger partial charge in [0.25, 0.3) is 5.88 Å². The molecule has 0 saturated heterocycles. The Morgan fingerprint density at radius 3 is 2.57 bits per heavy atom. The Kier molecular flexibility index (Phi) is 6.09. The van der Waals surface area contributed by atoms with Gasteiger partial charge in [-0.25, -0.2) is 21.6 Å². The third kappa shape index (κ3) is 4.35. The summed E-state index contributed by atoms with van der Waals surface area (Å²) in [6, 6.07) is 0. The first-order valence-corrected chi connectivity index (χ1v) is 9.14. The van der Waals surface area contributed by atoms with Crippen molar-refractivity contribution >= 4 is 42.2 Å². The Balaban J connectivity index is 3.43. The Labute approximate surface area is 132 Å². The van der Waals surface area contributed by atoms with Crippen molar-refractivity contribution < 1.29 is 26.4 Å². The minimum Gasteiger partial charge on any atom is -0.382 e. The topological polar surface area (TPSA) is 108 Å². The molecule has 1 aromatic heterocycles. The first-order chi connectivity index (χ1) is 9.68. The molecule has 1 aromatic rings. The molecule has 1 atom stereocenters. The number of halogens is 1. The number of hydrogen-bond acceptors (Lipinski definition) is 7. The molecular weight excluding hydrogens is 363 g/mol. The van der Waals surface area contributed by atoms with Crippen LogP contribution in [0.25, 0.3) is 0 Å². The van der Waals surface area contributed by atoms with Crippen molar-refractivity contribution in [3.05, 3.63) is 30.3 Å². The number of phosphoric acid groups is 1. The van der Waals surface area contributed by atoms with Crippen LogP contribution in [0.4, 0.5) is 0 Å². The van der Waals surface area contributed by atoms with Gasteiger partial charge in [-0.05, 0) is 12.9 Å². The summed E-state index contributed by atoms with van der Waals surface area (Å²) in [6.07, 6.45) is 2.54. The van der Waals surface area contributed by atoms with Crippen LogP contribution in [0, 0.1) is 0 Å². The van der Waals surface area contributed by atoms with Gasteiger partial charge in [0, 0.05) is 0 Å². The predicted molar refractivity (Wildman–Crippen MR) is 80.2 cm³/mol. The Bertz CT molecular complexity index is 701. The number of nitrogens with zero attached hydrogens (tertiary/aromatic N) is 2. The summed E-state index contributed by atoms with van der Waals surface area (Å²) in [7, 11) is -8.40. The lowest BCUT2D eigenvalue weighted by molar-refractivity contribution is 0.302. The molecule has 0 fully saturated rings. The highest BCUT2D eigenvalue weighted by Gasteiger charge is 2.32. The highest BCUT2D eigenvalue weighted by atomic mass is 35.5. The summed E-state index contributed by atoms with van der Waals surface area (Å²) in [5.41, 5.74) is 0. The first-order valence-electron chi connectivity index (χ1n) is 5.25. The first kappa shape index (κ1) is 18.3. The SMILES string of the molecule is C=CCn1nc(OP(=O)(O)OS)c(Cl)c1S(=O)(=O)CC=C. The van der Waals surface area contributed by atoms with Crippen molar-refractivity contribution in [1.29, 1.82) is 0 Å². The number of hydrogen-bond donors (Lipinski definition) is 2. The Morgan fingerprint density at radius 1 is 1.48 bits per heavy atom. The van der Waals surface area contributed by atoms with Gasteiger partial charge in [0.2, 0.25) is 9.84 Å². The van der Waals surface area contributed by atoms with Gasteiger partial charge in [-0.2, -0.15) is 0 Å². The standard InChI is InChI=1S/C9H12ClN2O6PS2/c1-3-5-12-9(21(15,16)6-4-2)7(10)8(11-12)17-19(13,14)18-20/h3-4,20H,1-2,5-6H2,(H,13,14). The molecule has 21 heavy (non-hydrogen) atoms. The smallest absolute Gasteiger partial charge is 0.382 e. The van der Waals surface area contributed by atoms with Crippen molar-refractivity contribution in [3.63, 3.8) is 0 Å². The van der Waals surface area contributed by atoms with Crippen LogP contribution >= 0.6 is 32.3 Å². The van der Waals surface area contributed by atoms with Gasteiger partial charge in [-0.1, -0.05) is 23.8 Å². The molecule has 1 unspecified atom stereocenters. The minimum atomic E-state index is -4.55. The number of phosphoric ester groups is 1. The fourth-order valence-corrected chi connectivity index (χ4v) is 3.69. The van der Waals surface area contributed by atoms with Crippen LogP contribution in [0.5, 0.6) is 5.88 Å². The summed E-state index contributed by atoms with van der Waals surface area (Å²) >= 11 is 9.05. The monoisotopic (exact) mass is 374 g/mol. The zero-order chi connectivity index (χ0) is 16.3. The van der Waals surface area contributed by atoms with Crippen LogP contribution in [0.15, 0.2) is 30.3 Å². The second kappa shape index (κ2) is 6.99. The van der Waals surface area contributed by atoms with E-state index in [1.54, 1.807) is 0 Å². The zero-order valence-corrected chi connectivity index (χ0v) is 13.9. The highest BCUT2D eigenvalue weighted by Crippen LogP contribution is 2.47. The van der Waals surface area contributed by atoms with Crippen LogP contribution in [-0.2, 0) is 24.9 Å². The van der Waals surface area contributed by atoms with Crippen molar-refractivity contribution in [2.24, 2.45) is 0 Å². The largest absolute Gasteiger partial charge is 0.539 e. The van der Waals surface area contributed by atoms with Crippen LogP contribution in [0.1, 0.15) is 0 Å². The summed E-state index contributed by atoms with van der Waals surface area (Å²) in [4.78, 5) is 9.18. The lowest BCUT2D eigenvalue weighted by Gasteiger charge is -2.06. The van der Waals surface area contributed by atoms with Gasteiger partial charge in [-0.15, -0.1) is 18.3 Å². The number of rotatable bonds is 8. The molecule has 0 saturated carbocycles. The molecule has 0 aliphatic heterocycles. The Hall–Kier alpha value is -0.770. The molecule has 0 amide bonds. The summed E-state index contributed by atoms with van der Waals surface area (Å²) < 4.78 is 45.0. The number of thiol groups is 1. The molecule has 12 heteroatoms. The van der Waals surface area contributed by atoms with Gasteiger partial charge in [0.1, 0.15) is 5.02 Å². The van der Waals surface area contributed by atoms with E-state index in [9.17, 15) is 17.9 Å². The molecule has 1 N–H and O–H groups in total. The maximum atomic E-state index is 12.1. The minimum absolute atomic E-state index is 0.00769. The number of aromatic nitrogens is 2. The van der Waals surface area contributed by atoms with Crippen LogP contribution in [0.2, 0.25) is 5.02 Å². The van der Waals surface area contributed by atoms with Crippen molar-refractivity contribution in [3.8, 4) is 5.88 Å². The summed E-state index contributed by atoms with van der Waals surface area (Å²) in [5.74, 6) is -0.962. The molecule has 118 valence electrons. The second-order valence-corrected chi connectivity index (χ2v) is 7.71. The predicted octanol–water partition coefficient (Wildman–Crippen LogP) is 2.02. The average Bonchev–Trinajstić information content (AvgIpc) is 2.66. The van der Waals surface area contributed by atoms with Gasteiger partial charge in [0.05, 0.1) is 12.3 Å². The molecule has 0 radical (unpaired) electrons. The molecular formula is C9H12ClN2O6PS2. The Morgan fingerprint density at radius 2 is 2.10 bits per heavy atom. The molecule has 0 spiro atoms. The summed E-state index contributed by atoms with van der Waals surface area (Å²) in [6.45, 7) is 6.78. The van der Waals surface area contributed by atoms with E-state index in [2.05, 4.69) is 39.7 Å². The van der Waals surface area contributed by atoms with E-state index in [0.29, 0.717) is 0 Å². The van der Waals surface area contributed by atoms with E-state index >= 15 is 0 Å². The van der Waals surface area contributed by atoms with Gasteiger partial charge in [0.15, 0.2) is 5.03 Å². The lowest BCUT2D eigenvalue weighted by atomic mass is 10.6. The molecule has 0 aromatic carbocycles. The van der Waals surface area contributed by atoms with E-state index in [4.69, 9.17) is 11.6 Å². The molecule has 0 bridgehead atoms. The van der Waals surface area contributed by atoms with E-state index in [1.807, 2.05) is 0 Å². The zero-order valence-electron chi connectivity index (χ0n) is 10.5. The van der Waals surface area contributed by atoms with Crippen molar-refractivity contribution in [2.45, 2.75) is 11.6 Å². The van der Waals surface area contributed by atoms with Crippen LogP contribution in [-0.4, -0.2) is 28.8 Å². The van der Waals surface area contributed by atoms with E-state index in [0.717, 1.165) is 4.68 Å². The van der Waals surface area contributed by atoms with E-state index < -0.39 is 34.3 Å². The van der Waals surface area contributed by atoms with Crippen LogP contribution < -0.4 is 4.52 Å². The molecule has 0 aliphatic carbocycles. The average molecular weight is 375 g/mol.